The topological polar surface area (TPSA) is 89.0 Å². The summed E-state index contributed by atoms with van der Waals surface area (Å²) in [6.45, 7) is 5.22. The summed E-state index contributed by atoms with van der Waals surface area (Å²) >= 11 is 0. The quantitative estimate of drug-likeness (QED) is 0.631. The van der Waals surface area contributed by atoms with E-state index in [-0.39, 0.29) is 23.8 Å². The molecule has 1 aliphatic heterocycles. The number of ether oxygens (including phenoxy) is 1. The number of aromatic nitrogens is 3. The number of rotatable bonds is 6. The van der Waals surface area contributed by atoms with Gasteiger partial charge in [-0.1, -0.05) is 19.1 Å². The Morgan fingerprint density at radius 3 is 2.86 bits per heavy atom. The molecular weight excluding hydrogens is 368 g/mol. The van der Waals surface area contributed by atoms with Crippen molar-refractivity contribution in [3.05, 3.63) is 53.5 Å². The first kappa shape index (κ1) is 18.1. The first-order valence-corrected chi connectivity index (χ1v) is 10.2. The average molecular weight is 392 g/mol. The van der Waals surface area contributed by atoms with Crippen LogP contribution in [-0.2, 0) is 4.74 Å². The second-order valence-corrected chi connectivity index (χ2v) is 7.96. The third kappa shape index (κ3) is 2.97. The summed E-state index contributed by atoms with van der Waals surface area (Å²) in [5, 5.41) is 8.75. The van der Waals surface area contributed by atoms with Crippen LogP contribution in [0, 0.1) is 11.8 Å². The maximum Gasteiger partial charge on any atom is 0.269 e. The minimum Gasteiger partial charge on any atom is -0.381 e. The lowest BCUT2D eigenvalue weighted by molar-refractivity contribution is 0.0916. The molecule has 150 valence electrons. The Labute approximate surface area is 168 Å². The van der Waals surface area contributed by atoms with Crippen LogP contribution in [0.2, 0.25) is 0 Å². The molecule has 0 bridgehead atoms. The number of carbonyl (C=O) groups excluding carboxylic acids is 2. The summed E-state index contributed by atoms with van der Waals surface area (Å²) in [6, 6.07) is 9.65. The van der Waals surface area contributed by atoms with E-state index < -0.39 is 0 Å². The van der Waals surface area contributed by atoms with Gasteiger partial charge in [0.05, 0.1) is 19.3 Å². The fourth-order valence-electron chi connectivity index (χ4n) is 4.46. The van der Waals surface area contributed by atoms with E-state index in [1.54, 1.807) is 17.7 Å². The number of nitrogens with zero attached hydrogens (tertiary/aromatic N) is 2. The van der Waals surface area contributed by atoms with Crippen molar-refractivity contribution in [2.75, 3.05) is 13.2 Å². The second kappa shape index (κ2) is 6.84. The molecule has 1 aliphatic carbocycles. The highest BCUT2D eigenvalue weighted by Crippen LogP contribution is 2.44. The summed E-state index contributed by atoms with van der Waals surface area (Å²) in [6.07, 6.45) is 2.25. The standard InChI is InChI=1S/C22H24N4O3/c1-3-20(27)18-9-19(22(28)24-21-15-10-29-11-16(15)21)26(25-18)12(2)13-5-4-6-17-14(13)7-8-23-17/h4-9,12,15-16,21,23H,3,10-11H2,1-2H3,(H,24,28)/t12-,15-,16+,21?/m0/s1. The Morgan fingerprint density at radius 2 is 2.10 bits per heavy atom. The van der Waals surface area contributed by atoms with Gasteiger partial charge in [0.15, 0.2) is 5.78 Å². The highest BCUT2D eigenvalue weighted by atomic mass is 16.5. The van der Waals surface area contributed by atoms with Crippen LogP contribution in [0.15, 0.2) is 36.5 Å². The van der Waals surface area contributed by atoms with Crippen LogP contribution >= 0.6 is 0 Å². The second-order valence-electron chi connectivity index (χ2n) is 7.96. The van der Waals surface area contributed by atoms with E-state index in [2.05, 4.69) is 15.4 Å². The minimum absolute atomic E-state index is 0.0680. The summed E-state index contributed by atoms with van der Waals surface area (Å²) in [5.74, 6) is 0.581. The highest BCUT2D eigenvalue weighted by Gasteiger charge is 2.55. The molecule has 1 amide bonds. The van der Waals surface area contributed by atoms with Crippen molar-refractivity contribution < 1.29 is 14.3 Å². The maximum absolute atomic E-state index is 13.1. The number of aromatic amines is 1. The van der Waals surface area contributed by atoms with Crippen molar-refractivity contribution in [2.45, 2.75) is 32.4 Å². The number of hydrogen-bond acceptors (Lipinski definition) is 4. The normalized spacial score (nSPS) is 23.7. The average Bonchev–Trinajstić information content (AvgIpc) is 3.27. The van der Waals surface area contributed by atoms with Crippen LogP contribution in [0.1, 0.15) is 52.9 Å². The van der Waals surface area contributed by atoms with Crippen molar-refractivity contribution in [1.82, 2.24) is 20.1 Å². The number of ketones is 1. The molecule has 1 unspecified atom stereocenters. The number of fused-ring (bicyclic) bond motifs is 2. The fourth-order valence-corrected chi connectivity index (χ4v) is 4.46. The number of carbonyl (C=O) groups is 2. The van der Waals surface area contributed by atoms with E-state index in [0.717, 1.165) is 16.5 Å². The summed E-state index contributed by atoms with van der Waals surface area (Å²) < 4.78 is 7.10. The number of benzene rings is 1. The number of hydrogen-bond donors (Lipinski definition) is 2. The van der Waals surface area contributed by atoms with Gasteiger partial charge in [-0.25, -0.2) is 0 Å². The molecule has 1 aromatic carbocycles. The molecule has 2 fully saturated rings. The molecule has 3 aromatic rings. The lowest BCUT2D eigenvalue weighted by Crippen LogP contribution is -2.32. The van der Waals surface area contributed by atoms with E-state index in [9.17, 15) is 9.59 Å². The number of Topliss-reactive ketones (excluding diaryl/α,β-unsaturated/α-hetero) is 1. The SMILES string of the molecule is CCC(=O)c1cc(C(=O)NC2[C@H]3COC[C@@H]23)n([C@@H](C)c2cccc3[nH]ccc23)n1. The van der Waals surface area contributed by atoms with E-state index in [1.165, 1.54) is 0 Å². The molecule has 7 heteroatoms. The minimum atomic E-state index is -0.198. The lowest BCUT2D eigenvalue weighted by atomic mass is 10.0. The van der Waals surface area contributed by atoms with Crippen molar-refractivity contribution in [2.24, 2.45) is 11.8 Å². The van der Waals surface area contributed by atoms with Crippen LogP contribution in [-0.4, -0.2) is 45.7 Å². The van der Waals surface area contributed by atoms with Gasteiger partial charge < -0.3 is 15.0 Å². The molecule has 1 saturated heterocycles. The van der Waals surface area contributed by atoms with Crippen LogP contribution in [0.5, 0.6) is 0 Å². The largest absolute Gasteiger partial charge is 0.381 e. The van der Waals surface area contributed by atoms with Gasteiger partial charge in [-0.05, 0) is 24.6 Å². The molecule has 2 aromatic heterocycles. The Bertz CT molecular complexity index is 1090. The van der Waals surface area contributed by atoms with Crippen molar-refractivity contribution >= 4 is 22.6 Å². The van der Waals surface area contributed by atoms with E-state index in [0.29, 0.717) is 42.9 Å². The molecule has 0 radical (unpaired) electrons. The predicted octanol–water partition coefficient (Wildman–Crippen LogP) is 2.94. The molecule has 7 nitrogen and oxygen atoms in total. The Balaban J connectivity index is 1.50. The third-order valence-corrected chi connectivity index (χ3v) is 6.27. The highest BCUT2D eigenvalue weighted by molar-refractivity contribution is 5.99. The zero-order valence-electron chi connectivity index (χ0n) is 16.5. The molecule has 4 atom stereocenters. The van der Waals surface area contributed by atoms with E-state index >= 15 is 0 Å². The third-order valence-electron chi connectivity index (χ3n) is 6.27. The van der Waals surface area contributed by atoms with Crippen LogP contribution in [0.3, 0.4) is 0 Å². The van der Waals surface area contributed by atoms with Crippen LogP contribution < -0.4 is 5.32 Å². The first-order valence-electron chi connectivity index (χ1n) is 10.2. The van der Waals surface area contributed by atoms with Gasteiger partial charge in [0.25, 0.3) is 5.91 Å². The fraction of sp³-hybridized carbons (Fsp3) is 0.409. The molecule has 2 aliphatic rings. The zero-order valence-corrected chi connectivity index (χ0v) is 16.5. The van der Waals surface area contributed by atoms with E-state index in [1.807, 2.05) is 37.4 Å². The van der Waals surface area contributed by atoms with Gasteiger partial charge in [-0.15, -0.1) is 0 Å². The lowest BCUT2D eigenvalue weighted by Gasteiger charge is -2.17. The van der Waals surface area contributed by atoms with Crippen LogP contribution in [0.25, 0.3) is 10.9 Å². The Morgan fingerprint density at radius 1 is 1.31 bits per heavy atom. The maximum atomic E-state index is 13.1. The molecule has 2 N–H and O–H groups in total. The molecule has 1 saturated carbocycles. The molecule has 5 rings (SSSR count). The van der Waals surface area contributed by atoms with Gasteiger partial charge >= 0.3 is 0 Å². The van der Waals surface area contributed by atoms with Gasteiger partial charge in [-0.3, -0.25) is 14.3 Å². The molecule has 0 spiro atoms. The number of H-pyrrole nitrogens is 1. The van der Waals surface area contributed by atoms with Gasteiger partial charge in [0.1, 0.15) is 11.4 Å². The Kier molecular flexibility index (Phi) is 4.28. The first-order chi connectivity index (χ1) is 14.1. The summed E-state index contributed by atoms with van der Waals surface area (Å²) in [5.41, 5.74) is 2.84. The van der Waals surface area contributed by atoms with Crippen molar-refractivity contribution in [1.29, 1.82) is 0 Å². The van der Waals surface area contributed by atoms with Crippen molar-refractivity contribution in [3.8, 4) is 0 Å². The Hall–Kier alpha value is -2.93. The predicted molar refractivity (Wildman–Crippen MR) is 108 cm³/mol. The van der Waals surface area contributed by atoms with Gasteiger partial charge in [0.2, 0.25) is 0 Å². The van der Waals surface area contributed by atoms with Crippen molar-refractivity contribution in [3.63, 3.8) is 0 Å². The monoisotopic (exact) mass is 392 g/mol. The smallest absolute Gasteiger partial charge is 0.269 e. The van der Waals surface area contributed by atoms with Gasteiger partial charge in [0, 0.05) is 47.5 Å². The summed E-state index contributed by atoms with van der Waals surface area (Å²) in [7, 11) is 0. The van der Waals surface area contributed by atoms with Crippen LogP contribution in [0.4, 0.5) is 0 Å². The molecule has 29 heavy (non-hydrogen) atoms. The molecular formula is C22H24N4O3. The van der Waals surface area contributed by atoms with Gasteiger partial charge in [-0.2, -0.15) is 5.10 Å². The number of nitrogens with one attached hydrogen (secondary N) is 2. The molecule has 3 heterocycles. The number of amides is 1. The summed E-state index contributed by atoms with van der Waals surface area (Å²) in [4.78, 5) is 28.6. The zero-order chi connectivity index (χ0) is 20.1. The van der Waals surface area contributed by atoms with E-state index in [4.69, 9.17) is 4.74 Å².